The summed E-state index contributed by atoms with van der Waals surface area (Å²) in [4.78, 5) is 0. The molecule has 1 saturated heterocycles. The Labute approximate surface area is 72.2 Å². The van der Waals surface area contributed by atoms with Crippen LogP contribution >= 0.6 is 0 Å². The third-order valence-electron chi connectivity index (χ3n) is 2.40. The van der Waals surface area contributed by atoms with E-state index in [0.29, 0.717) is 11.7 Å². The first-order valence-corrected chi connectivity index (χ1v) is 4.36. The highest BCUT2D eigenvalue weighted by Crippen LogP contribution is 2.24. The maximum Gasteiger partial charge on any atom is 0.115 e. The lowest BCUT2D eigenvalue weighted by Crippen LogP contribution is -2.07. The first-order chi connectivity index (χ1) is 5.86. The summed E-state index contributed by atoms with van der Waals surface area (Å²) in [5.41, 5.74) is 1.25. The largest absolute Gasteiger partial charge is 0.508 e. The van der Waals surface area contributed by atoms with Crippen LogP contribution in [0.2, 0.25) is 0 Å². The lowest BCUT2D eigenvalue weighted by molar-refractivity contribution is 0.474. The molecular weight excluding hydrogens is 150 g/mol. The lowest BCUT2D eigenvalue weighted by Gasteiger charge is -2.07. The summed E-state index contributed by atoms with van der Waals surface area (Å²) in [5.74, 6) is 0.969. The number of benzene rings is 1. The van der Waals surface area contributed by atoms with Crippen molar-refractivity contribution in [1.29, 1.82) is 0 Å². The van der Waals surface area contributed by atoms with Crippen molar-refractivity contribution in [3.8, 4) is 5.75 Å². The number of phenolic OH excluding ortho intramolecular Hbond substituents is 1. The molecule has 12 heavy (non-hydrogen) atoms. The van der Waals surface area contributed by atoms with Gasteiger partial charge in [-0.05, 0) is 36.6 Å². The Kier molecular flexibility index (Phi) is 2.00. The Balaban J connectivity index is 2.21. The fourth-order valence-electron chi connectivity index (χ4n) is 1.72. The first kappa shape index (κ1) is 7.62. The number of hydrogen-bond donors (Lipinski definition) is 2. The Morgan fingerprint density at radius 2 is 2.33 bits per heavy atom. The van der Waals surface area contributed by atoms with Crippen LogP contribution in [-0.2, 0) is 0 Å². The molecule has 0 saturated carbocycles. The number of hydrogen-bond acceptors (Lipinski definition) is 2. The summed E-state index contributed by atoms with van der Waals surface area (Å²) in [7, 11) is 0. The second-order valence-electron chi connectivity index (χ2n) is 3.28. The molecule has 2 N–H and O–H groups in total. The summed E-state index contributed by atoms with van der Waals surface area (Å²) in [6.07, 6.45) is 1.18. The number of nitrogens with one attached hydrogen (secondary N) is 1. The average Bonchev–Trinajstić information content (AvgIpc) is 2.56. The van der Waals surface area contributed by atoms with Gasteiger partial charge in [0.25, 0.3) is 0 Å². The molecule has 1 atom stereocenters. The van der Waals surface area contributed by atoms with Crippen LogP contribution in [0.4, 0.5) is 0 Å². The van der Waals surface area contributed by atoms with Crippen molar-refractivity contribution in [2.45, 2.75) is 12.3 Å². The molecule has 0 aliphatic carbocycles. The summed E-state index contributed by atoms with van der Waals surface area (Å²) in [6.45, 7) is 2.14. The van der Waals surface area contributed by atoms with Crippen LogP contribution in [0.1, 0.15) is 17.9 Å². The van der Waals surface area contributed by atoms with Crippen molar-refractivity contribution in [3.05, 3.63) is 29.8 Å². The molecular formula is C10H13NO. The van der Waals surface area contributed by atoms with E-state index in [1.807, 2.05) is 12.1 Å². The minimum atomic E-state index is 0.374. The molecule has 0 unspecified atom stereocenters. The van der Waals surface area contributed by atoms with Crippen LogP contribution in [-0.4, -0.2) is 18.2 Å². The van der Waals surface area contributed by atoms with Crippen molar-refractivity contribution in [1.82, 2.24) is 5.32 Å². The average molecular weight is 163 g/mol. The van der Waals surface area contributed by atoms with Crippen LogP contribution < -0.4 is 5.32 Å². The molecule has 1 aliphatic heterocycles. The Morgan fingerprint density at radius 1 is 1.42 bits per heavy atom. The van der Waals surface area contributed by atoms with Crippen molar-refractivity contribution in [3.63, 3.8) is 0 Å². The van der Waals surface area contributed by atoms with E-state index in [1.165, 1.54) is 12.0 Å². The van der Waals surface area contributed by atoms with Crippen LogP contribution in [0, 0.1) is 0 Å². The van der Waals surface area contributed by atoms with Gasteiger partial charge in [0, 0.05) is 6.54 Å². The van der Waals surface area contributed by atoms with Gasteiger partial charge in [-0.1, -0.05) is 12.1 Å². The Hall–Kier alpha value is -1.02. The van der Waals surface area contributed by atoms with Gasteiger partial charge in [-0.25, -0.2) is 0 Å². The van der Waals surface area contributed by atoms with Gasteiger partial charge in [0.2, 0.25) is 0 Å². The SMILES string of the molecule is Oc1cccc([C@@H]2CCNC2)c1. The van der Waals surface area contributed by atoms with Crippen LogP contribution in [0.5, 0.6) is 5.75 Å². The molecule has 2 heteroatoms. The first-order valence-electron chi connectivity index (χ1n) is 4.36. The smallest absolute Gasteiger partial charge is 0.115 e. The van der Waals surface area contributed by atoms with E-state index in [9.17, 15) is 5.11 Å². The van der Waals surface area contributed by atoms with E-state index in [2.05, 4.69) is 11.4 Å². The molecule has 2 nitrogen and oxygen atoms in total. The maximum absolute atomic E-state index is 9.25. The number of rotatable bonds is 1. The highest BCUT2D eigenvalue weighted by molar-refractivity contribution is 5.30. The van der Waals surface area contributed by atoms with E-state index >= 15 is 0 Å². The second kappa shape index (κ2) is 3.15. The standard InChI is InChI=1S/C10H13NO/c12-10-3-1-2-8(6-10)9-4-5-11-7-9/h1-3,6,9,11-12H,4-5,7H2/t9-/m1/s1. The van der Waals surface area contributed by atoms with E-state index in [0.717, 1.165) is 13.1 Å². The second-order valence-corrected chi connectivity index (χ2v) is 3.28. The molecule has 2 rings (SSSR count). The van der Waals surface area contributed by atoms with E-state index < -0.39 is 0 Å². The minimum absolute atomic E-state index is 0.374. The quantitative estimate of drug-likeness (QED) is 0.657. The van der Waals surface area contributed by atoms with E-state index in [-0.39, 0.29) is 0 Å². The normalized spacial score (nSPS) is 22.8. The molecule has 0 aromatic heterocycles. The highest BCUT2D eigenvalue weighted by atomic mass is 16.3. The molecule has 64 valence electrons. The molecule has 0 radical (unpaired) electrons. The molecule has 1 aromatic rings. The van der Waals surface area contributed by atoms with Gasteiger partial charge in [-0.2, -0.15) is 0 Å². The van der Waals surface area contributed by atoms with Gasteiger partial charge in [-0.3, -0.25) is 0 Å². The van der Waals surface area contributed by atoms with Crippen LogP contribution in [0.25, 0.3) is 0 Å². The minimum Gasteiger partial charge on any atom is -0.508 e. The predicted molar refractivity (Wildman–Crippen MR) is 48.3 cm³/mol. The predicted octanol–water partition coefficient (Wildman–Crippen LogP) is 1.47. The molecule has 1 heterocycles. The van der Waals surface area contributed by atoms with Crippen LogP contribution in [0.15, 0.2) is 24.3 Å². The summed E-state index contributed by atoms with van der Waals surface area (Å²) < 4.78 is 0. The van der Waals surface area contributed by atoms with Gasteiger partial charge < -0.3 is 10.4 Å². The fourth-order valence-corrected chi connectivity index (χ4v) is 1.72. The van der Waals surface area contributed by atoms with Gasteiger partial charge in [-0.15, -0.1) is 0 Å². The molecule has 0 bridgehead atoms. The van der Waals surface area contributed by atoms with Crippen molar-refractivity contribution < 1.29 is 5.11 Å². The highest BCUT2D eigenvalue weighted by Gasteiger charge is 2.16. The summed E-state index contributed by atoms with van der Waals surface area (Å²) in [5, 5.41) is 12.6. The van der Waals surface area contributed by atoms with Crippen molar-refractivity contribution in [2.75, 3.05) is 13.1 Å². The number of phenols is 1. The summed E-state index contributed by atoms with van der Waals surface area (Å²) in [6, 6.07) is 7.56. The number of aromatic hydroxyl groups is 1. The molecule has 1 fully saturated rings. The Bertz CT molecular complexity index is 266. The van der Waals surface area contributed by atoms with E-state index in [1.54, 1.807) is 6.07 Å². The summed E-state index contributed by atoms with van der Waals surface area (Å²) >= 11 is 0. The fraction of sp³-hybridized carbons (Fsp3) is 0.400. The van der Waals surface area contributed by atoms with Gasteiger partial charge in [0.05, 0.1) is 0 Å². The Morgan fingerprint density at radius 3 is 3.00 bits per heavy atom. The molecule has 1 aromatic carbocycles. The molecule has 0 spiro atoms. The topological polar surface area (TPSA) is 32.3 Å². The zero-order valence-corrected chi connectivity index (χ0v) is 6.96. The lowest BCUT2D eigenvalue weighted by atomic mass is 9.98. The third kappa shape index (κ3) is 1.43. The van der Waals surface area contributed by atoms with Crippen molar-refractivity contribution in [2.24, 2.45) is 0 Å². The maximum atomic E-state index is 9.25. The monoisotopic (exact) mass is 163 g/mol. The van der Waals surface area contributed by atoms with E-state index in [4.69, 9.17) is 0 Å². The van der Waals surface area contributed by atoms with Gasteiger partial charge in [0.1, 0.15) is 5.75 Å². The van der Waals surface area contributed by atoms with Gasteiger partial charge >= 0.3 is 0 Å². The third-order valence-corrected chi connectivity index (χ3v) is 2.40. The van der Waals surface area contributed by atoms with Gasteiger partial charge in [0.15, 0.2) is 0 Å². The van der Waals surface area contributed by atoms with Crippen molar-refractivity contribution >= 4 is 0 Å². The zero-order chi connectivity index (χ0) is 8.39. The zero-order valence-electron chi connectivity index (χ0n) is 6.96. The molecule has 0 amide bonds. The van der Waals surface area contributed by atoms with Crippen LogP contribution in [0.3, 0.4) is 0 Å². The molecule has 1 aliphatic rings.